The van der Waals surface area contributed by atoms with Gasteiger partial charge >= 0.3 is 0 Å². The van der Waals surface area contributed by atoms with Crippen LogP contribution in [0.3, 0.4) is 0 Å². The number of aryl methyl sites for hydroxylation is 1. The number of hydrogen-bond acceptors (Lipinski definition) is 3. The van der Waals surface area contributed by atoms with Gasteiger partial charge in [-0.3, -0.25) is 0 Å². The van der Waals surface area contributed by atoms with Crippen LogP contribution in [0, 0.1) is 0 Å². The maximum atomic E-state index is 4.90. The van der Waals surface area contributed by atoms with Crippen LogP contribution in [0.4, 0.5) is 39.8 Å². The minimum Gasteiger partial charge on any atom is -0.335 e. The highest BCUT2D eigenvalue weighted by atomic mass is 28.2. The first kappa shape index (κ1) is 47.7. The van der Waals surface area contributed by atoms with Gasteiger partial charge in [0, 0.05) is 58.9 Å². The van der Waals surface area contributed by atoms with Gasteiger partial charge in [-0.05, 0) is 153 Å². The third-order valence-corrected chi connectivity index (χ3v) is 21.5. The SMILES string of the molecule is C=[Si](C)c1cc2c3c(c1)C1(c4ccccc4)CCCCC1(C)N3c1cc(N3c4ccccc4C4(C)CCc5ccccc5C34C)cc3c1B2c1ccc(C(C)(C)C)cc1N3c1ccc(C(C)(C)C)cc1-c1ccccc1. The third-order valence-electron chi connectivity index (χ3n) is 20.3. The number of nitrogens with zero attached hydrogens (tertiary/aromatic N) is 3. The topological polar surface area (TPSA) is 9.72 Å². The second-order valence-corrected chi connectivity index (χ2v) is 28.4. The van der Waals surface area contributed by atoms with E-state index in [2.05, 4.69) is 253 Å². The lowest BCUT2D eigenvalue weighted by atomic mass is 9.33. The maximum absolute atomic E-state index is 4.90. The summed E-state index contributed by atoms with van der Waals surface area (Å²) in [6, 6.07) is 67.4. The van der Waals surface area contributed by atoms with Crippen LogP contribution in [0.25, 0.3) is 11.1 Å². The predicted molar refractivity (Wildman–Crippen MR) is 328 cm³/mol. The number of fused-ring (bicyclic) bond motifs is 12. The van der Waals surface area contributed by atoms with Crippen molar-refractivity contribution in [2.75, 3.05) is 14.7 Å². The van der Waals surface area contributed by atoms with Gasteiger partial charge in [0.15, 0.2) is 0 Å². The van der Waals surface area contributed by atoms with Crippen LogP contribution in [-0.4, -0.2) is 26.8 Å². The Morgan fingerprint density at radius 1 is 0.539 bits per heavy atom. The molecule has 0 amide bonds. The van der Waals surface area contributed by atoms with Crippen molar-refractivity contribution in [3.8, 4) is 11.1 Å². The van der Waals surface area contributed by atoms with E-state index in [1.807, 2.05) is 0 Å². The number of rotatable bonds is 5. The van der Waals surface area contributed by atoms with Crippen molar-refractivity contribution in [3.63, 3.8) is 0 Å². The molecule has 0 aromatic heterocycles. The molecule has 4 aliphatic heterocycles. The van der Waals surface area contributed by atoms with Crippen molar-refractivity contribution in [1.29, 1.82) is 0 Å². The summed E-state index contributed by atoms with van der Waals surface area (Å²) in [5, 5.41) is 1.43. The summed E-state index contributed by atoms with van der Waals surface area (Å²) in [5.74, 6) is 0. The standard InChI is InChI=1S/C71H72BN3Si/c1-66(2,3)49-33-35-59(53(40-49)46-24-14-12-15-25-46)73-61-41-50(67(4,5)6)32-34-57(61)72-58-45-52(76(10)11)44-56-65(58)75(69(8)37-22-23-38-71(56,69)48-27-16-13-17-28-48)63-43-51(42-62(73)64(63)72)74-60-31-21-20-30-55(60)68(7)39-36-47-26-18-19-29-54(47)70(68,74)9/h12-21,24-35,40-45H,10,22-23,36-39H2,1-9,11H3. The number of para-hydroxylation sites is 1. The molecule has 6 aliphatic rings. The monoisotopic (exact) mass is 1010 g/mol. The summed E-state index contributed by atoms with van der Waals surface area (Å²) in [6.07, 6.45) is 11.7. The Morgan fingerprint density at radius 3 is 1.92 bits per heavy atom. The first-order valence-electron chi connectivity index (χ1n) is 28.4. The molecule has 4 atom stereocenters. The summed E-state index contributed by atoms with van der Waals surface area (Å²) in [5.41, 5.74) is 24.8. The van der Waals surface area contributed by atoms with Crippen molar-refractivity contribution < 1.29 is 0 Å². The van der Waals surface area contributed by atoms with Crippen LogP contribution < -0.4 is 36.3 Å². The molecule has 0 bridgehead atoms. The van der Waals surface area contributed by atoms with Crippen LogP contribution in [0.5, 0.6) is 0 Å². The van der Waals surface area contributed by atoms with E-state index >= 15 is 0 Å². The zero-order chi connectivity index (χ0) is 52.5. The van der Waals surface area contributed by atoms with Gasteiger partial charge in [0.2, 0.25) is 0 Å². The van der Waals surface area contributed by atoms with E-state index in [1.165, 1.54) is 124 Å². The summed E-state index contributed by atoms with van der Waals surface area (Å²) in [4.78, 5) is 8.53. The Hall–Kier alpha value is -6.69. The van der Waals surface area contributed by atoms with Crippen LogP contribution in [0.2, 0.25) is 6.55 Å². The quantitative estimate of drug-likeness (QED) is 0.159. The lowest BCUT2D eigenvalue weighted by Crippen LogP contribution is -2.65. The summed E-state index contributed by atoms with van der Waals surface area (Å²) in [6.45, 7) is 24.4. The van der Waals surface area contributed by atoms with E-state index in [0.717, 1.165) is 25.7 Å². The van der Waals surface area contributed by atoms with Gasteiger partial charge in [-0.2, -0.15) is 0 Å². The second kappa shape index (κ2) is 16.2. The zero-order valence-corrected chi connectivity index (χ0v) is 47.5. The Kier molecular flexibility index (Phi) is 10.2. The smallest absolute Gasteiger partial charge is 0.252 e. The Morgan fingerprint density at radius 2 is 1.18 bits per heavy atom. The largest absolute Gasteiger partial charge is 0.335 e. The van der Waals surface area contributed by atoms with Gasteiger partial charge in [0.05, 0.1) is 16.8 Å². The lowest BCUT2D eigenvalue weighted by molar-refractivity contribution is 0.215. The van der Waals surface area contributed by atoms with Gasteiger partial charge < -0.3 is 14.7 Å². The normalized spacial score (nSPS) is 23.5. The minimum atomic E-state index is -1.11. The molecule has 378 valence electrons. The molecule has 3 nitrogen and oxygen atoms in total. The summed E-state index contributed by atoms with van der Waals surface area (Å²) < 4.78 is 0. The molecule has 1 saturated carbocycles. The van der Waals surface area contributed by atoms with Crippen molar-refractivity contribution >= 4 is 82.7 Å². The van der Waals surface area contributed by atoms with Gasteiger partial charge in [-0.15, -0.1) is 6.17 Å². The molecule has 4 heterocycles. The van der Waals surface area contributed by atoms with Gasteiger partial charge in [0.25, 0.3) is 6.71 Å². The molecule has 2 aliphatic carbocycles. The van der Waals surface area contributed by atoms with Crippen LogP contribution in [0.15, 0.2) is 170 Å². The Balaban J connectivity index is 1.17. The first-order chi connectivity index (χ1) is 36.4. The zero-order valence-electron chi connectivity index (χ0n) is 46.5. The molecule has 8 aromatic carbocycles. The van der Waals surface area contributed by atoms with Gasteiger partial charge in [-0.1, -0.05) is 201 Å². The second-order valence-electron chi connectivity index (χ2n) is 26.3. The third kappa shape index (κ3) is 6.21. The Bertz CT molecular complexity index is 3750. The summed E-state index contributed by atoms with van der Waals surface area (Å²) in [7, 11) is -1.11. The molecule has 0 saturated heterocycles. The molecule has 5 heteroatoms. The number of anilines is 7. The highest BCUT2D eigenvalue weighted by Crippen LogP contribution is 2.67. The lowest BCUT2D eigenvalue weighted by Gasteiger charge is -2.55. The highest BCUT2D eigenvalue weighted by Gasteiger charge is 2.65. The van der Waals surface area contributed by atoms with E-state index in [4.69, 9.17) is 6.17 Å². The number of hydrogen-bond donors (Lipinski definition) is 0. The molecular formula is C71H72BN3Si. The molecule has 76 heavy (non-hydrogen) atoms. The number of benzene rings is 8. The molecule has 14 rings (SSSR count). The average molecular weight is 1010 g/mol. The molecule has 8 aromatic rings. The van der Waals surface area contributed by atoms with Crippen LogP contribution >= 0.6 is 0 Å². The molecule has 4 unspecified atom stereocenters. The van der Waals surface area contributed by atoms with Crippen molar-refractivity contribution in [2.45, 2.75) is 140 Å². The fourth-order valence-corrected chi connectivity index (χ4v) is 17.0. The van der Waals surface area contributed by atoms with Gasteiger partial charge in [0.1, 0.15) is 0 Å². The van der Waals surface area contributed by atoms with E-state index in [9.17, 15) is 0 Å². The minimum absolute atomic E-state index is 0.00154. The molecule has 0 spiro atoms. The van der Waals surface area contributed by atoms with Crippen molar-refractivity contribution in [2.24, 2.45) is 0 Å². The van der Waals surface area contributed by atoms with Crippen LogP contribution in [0.1, 0.15) is 133 Å². The molecular weight excluding hydrogens is 934 g/mol. The fourth-order valence-electron chi connectivity index (χ4n) is 16.2. The van der Waals surface area contributed by atoms with Crippen molar-refractivity contribution in [1.82, 2.24) is 0 Å². The van der Waals surface area contributed by atoms with E-state index in [-0.39, 0.29) is 39.5 Å². The van der Waals surface area contributed by atoms with Crippen molar-refractivity contribution in [3.05, 3.63) is 209 Å². The predicted octanol–water partition coefficient (Wildman–Crippen LogP) is 14.9. The summed E-state index contributed by atoms with van der Waals surface area (Å²) >= 11 is 0. The van der Waals surface area contributed by atoms with Crippen LogP contribution in [-0.2, 0) is 33.6 Å². The van der Waals surface area contributed by atoms with E-state index < -0.39 is 8.41 Å². The first-order valence-corrected chi connectivity index (χ1v) is 30.6. The molecule has 1 fully saturated rings. The average Bonchev–Trinajstić information content (AvgIpc) is 3.81. The van der Waals surface area contributed by atoms with Gasteiger partial charge in [-0.25, -0.2) is 0 Å². The fraction of sp³-hybridized carbons (Fsp3) is 0.310. The molecule has 0 radical (unpaired) electrons. The molecule has 0 N–H and O–H groups in total. The van der Waals surface area contributed by atoms with E-state index in [1.54, 1.807) is 0 Å². The van der Waals surface area contributed by atoms with E-state index in [0.29, 0.717) is 0 Å². The highest BCUT2D eigenvalue weighted by molar-refractivity contribution is 7.00. The Labute approximate surface area is 455 Å². The maximum Gasteiger partial charge on any atom is 0.252 e.